The molecule has 1 aromatic carbocycles. The molecule has 2 aromatic heterocycles. The summed E-state index contributed by atoms with van der Waals surface area (Å²) in [4.78, 5) is 8.74. The zero-order chi connectivity index (χ0) is 16.4. The van der Waals surface area contributed by atoms with E-state index in [1.165, 1.54) is 6.07 Å². The Bertz CT molecular complexity index is 841. The average molecular weight is 311 g/mol. The summed E-state index contributed by atoms with van der Waals surface area (Å²) in [6.07, 6.45) is 3.52. The van der Waals surface area contributed by atoms with Crippen molar-refractivity contribution in [2.75, 3.05) is 5.32 Å². The zero-order valence-electron chi connectivity index (χ0n) is 13.3. The van der Waals surface area contributed by atoms with Crippen molar-refractivity contribution in [2.45, 2.75) is 20.4 Å². The zero-order valence-corrected chi connectivity index (χ0v) is 13.3. The molecule has 2 heterocycles. The maximum atomic E-state index is 14.0. The summed E-state index contributed by atoms with van der Waals surface area (Å²) in [5.41, 5.74) is 4.07. The van der Waals surface area contributed by atoms with Gasteiger partial charge in [-0.2, -0.15) is 5.10 Å². The first-order valence-electron chi connectivity index (χ1n) is 7.36. The third kappa shape index (κ3) is 3.06. The predicted octanol–water partition coefficient (Wildman–Crippen LogP) is 3.25. The van der Waals surface area contributed by atoms with Crippen LogP contribution < -0.4 is 5.32 Å². The second-order valence-corrected chi connectivity index (χ2v) is 5.44. The number of benzene rings is 1. The molecule has 5 nitrogen and oxygen atoms in total. The third-order valence-electron chi connectivity index (χ3n) is 3.87. The number of halogens is 1. The molecule has 0 radical (unpaired) electrons. The number of rotatable bonds is 4. The SMILES string of the molecule is Cc1cnc(NCc2cnn(C)c2C)nc1-c1ccccc1F. The molecule has 0 aliphatic heterocycles. The molecule has 3 aromatic rings. The Kier molecular flexibility index (Phi) is 4.06. The Balaban J connectivity index is 1.86. The van der Waals surface area contributed by atoms with Gasteiger partial charge in [0, 0.05) is 36.6 Å². The highest BCUT2D eigenvalue weighted by Crippen LogP contribution is 2.24. The van der Waals surface area contributed by atoms with Gasteiger partial charge in [-0.3, -0.25) is 4.68 Å². The maximum absolute atomic E-state index is 14.0. The molecule has 0 saturated carbocycles. The molecule has 1 N–H and O–H groups in total. The van der Waals surface area contributed by atoms with Crippen molar-refractivity contribution in [1.82, 2.24) is 19.7 Å². The van der Waals surface area contributed by atoms with Gasteiger partial charge in [0.05, 0.1) is 11.9 Å². The second kappa shape index (κ2) is 6.16. The van der Waals surface area contributed by atoms with E-state index in [4.69, 9.17) is 0 Å². The quantitative estimate of drug-likeness (QED) is 0.803. The summed E-state index contributed by atoms with van der Waals surface area (Å²) >= 11 is 0. The van der Waals surface area contributed by atoms with Gasteiger partial charge in [-0.15, -0.1) is 0 Å². The van der Waals surface area contributed by atoms with Crippen LogP contribution in [0.4, 0.5) is 10.3 Å². The molecule has 0 atom stereocenters. The Hall–Kier alpha value is -2.76. The number of aromatic nitrogens is 4. The van der Waals surface area contributed by atoms with Crippen molar-refractivity contribution in [3.63, 3.8) is 0 Å². The highest BCUT2D eigenvalue weighted by molar-refractivity contribution is 5.64. The molecule has 0 aliphatic carbocycles. The van der Waals surface area contributed by atoms with Crippen LogP contribution in [0.25, 0.3) is 11.3 Å². The van der Waals surface area contributed by atoms with Crippen molar-refractivity contribution in [1.29, 1.82) is 0 Å². The van der Waals surface area contributed by atoms with E-state index in [1.807, 2.05) is 31.8 Å². The van der Waals surface area contributed by atoms with E-state index in [1.54, 1.807) is 24.4 Å². The fourth-order valence-corrected chi connectivity index (χ4v) is 2.35. The van der Waals surface area contributed by atoms with Crippen LogP contribution in [0.1, 0.15) is 16.8 Å². The van der Waals surface area contributed by atoms with Crippen molar-refractivity contribution in [3.8, 4) is 11.3 Å². The van der Waals surface area contributed by atoms with Crippen LogP contribution in [0.3, 0.4) is 0 Å². The molecule has 0 saturated heterocycles. The predicted molar refractivity (Wildman–Crippen MR) is 87.4 cm³/mol. The fourth-order valence-electron chi connectivity index (χ4n) is 2.35. The number of hydrogen-bond acceptors (Lipinski definition) is 4. The van der Waals surface area contributed by atoms with E-state index >= 15 is 0 Å². The maximum Gasteiger partial charge on any atom is 0.223 e. The molecular formula is C17H18FN5. The number of nitrogens with one attached hydrogen (secondary N) is 1. The summed E-state index contributed by atoms with van der Waals surface area (Å²) in [5, 5.41) is 7.38. The molecule has 0 fully saturated rings. The highest BCUT2D eigenvalue weighted by Gasteiger charge is 2.11. The van der Waals surface area contributed by atoms with Crippen LogP contribution in [0.15, 0.2) is 36.7 Å². The van der Waals surface area contributed by atoms with E-state index in [0.717, 1.165) is 16.8 Å². The lowest BCUT2D eigenvalue weighted by molar-refractivity contribution is 0.630. The van der Waals surface area contributed by atoms with Crippen LogP contribution in [0.5, 0.6) is 0 Å². The Morgan fingerprint density at radius 2 is 1.96 bits per heavy atom. The minimum atomic E-state index is -0.289. The van der Waals surface area contributed by atoms with E-state index in [0.29, 0.717) is 23.8 Å². The largest absolute Gasteiger partial charge is 0.350 e. The first-order valence-corrected chi connectivity index (χ1v) is 7.36. The van der Waals surface area contributed by atoms with Crippen LogP contribution in [-0.4, -0.2) is 19.7 Å². The van der Waals surface area contributed by atoms with E-state index in [-0.39, 0.29) is 5.82 Å². The molecule has 0 spiro atoms. The first-order chi connectivity index (χ1) is 11.1. The summed E-state index contributed by atoms with van der Waals surface area (Å²) in [5.74, 6) is 0.181. The van der Waals surface area contributed by atoms with Crippen molar-refractivity contribution >= 4 is 5.95 Å². The van der Waals surface area contributed by atoms with Gasteiger partial charge in [-0.25, -0.2) is 14.4 Å². The van der Waals surface area contributed by atoms with Crippen molar-refractivity contribution in [3.05, 3.63) is 59.3 Å². The minimum Gasteiger partial charge on any atom is -0.350 e. The van der Waals surface area contributed by atoms with Crippen LogP contribution >= 0.6 is 0 Å². The van der Waals surface area contributed by atoms with Crippen molar-refractivity contribution < 1.29 is 4.39 Å². The molecule has 0 bridgehead atoms. The van der Waals surface area contributed by atoms with Gasteiger partial charge in [0.25, 0.3) is 0 Å². The Labute approximate surface area is 134 Å². The summed E-state index contributed by atoms with van der Waals surface area (Å²) in [6, 6.07) is 6.62. The van der Waals surface area contributed by atoms with Crippen LogP contribution in [-0.2, 0) is 13.6 Å². The van der Waals surface area contributed by atoms with Crippen LogP contribution in [0, 0.1) is 19.7 Å². The molecule has 23 heavy (non-hydrogen) atoms. The van der Waals surface area contributed by atoms with E-state index in [9.17, 15) is 4.39 Å². The van der Waals surface area contributed by atoms with Gasteiger partial charge in [0.15, 0.2) is 0 Å². The molecule has 0 amide bonds. The monoisotopic (exact) mass is 311 g/mol. The van der Waals surface area contributed by atoms with Crippen LogP contribution in [0.2, 0.25) is 0 Å². The standard InChI is InChI=1S/C17H18FN5/c1-11-8-19-17(20-9-13-10-21-23(3)12(13)2)22-16(11)14-6-4-5-7-15(14)18/h4-8,10H,9H2,1-3H3,(H,19,20,22). The van der Waals surface area contributed by atoms with E-state index in [2.05, 4.69) is 20.4 Å². The Morgan fingerprint density at radius 1 is 1.17 bits per heavy atom. The van der Waals surface area contributed by atoms with Gasteiger partial charge in [0.1, 0.15) is 5.82 Å². The highest BCUT2D eigenvalue weighted by atomic mass is 19.1. The molecule has 3 rings (SSSR count). The smallest absolute Gasteiger partial charge is 0.223 e. The average Bonchev–Trinajstić information content (AvgIpc) is 2.87. The normalized spacial score (nSPS) is 10.8. The first kappa shape index (κ1) is 15.1. The molecule has 118 valence electrons. The summed E-state index contributed by atoms with van der Waals surface area (Å²) in [6.45, 7) is 4.45. The number of hydrogen-bond donors (Lipinski definition) is 1. The molecular weight excluding hydrogens is 293 g/mol. The summed E-state index contributed by atoms with van der Waals surface area (Å²) in [7, 11) is 1.90. The van der Waals surface area contributed by atoms with Gasteiger partial charge in [-0.05, 0) is 31.5 Å². The van der Waals surface area contributed by atoms with E-state index < -0.39 is 0 Å². The summed E-state index contributed by atoms with van der Waals surface area (Å²) < 4.78 is 15.8. The minimum absolute atomic E-state index is 0.289. The second-order valence-electron chi connectivity index (χ2n) is 5.44. The van der Waals surface area contributed by atoms with Gasteiger partial charge >= 0.3 is 0 Å². The number of anilines is 1. The number of nitrogens with zero attached hydrogens (tertiary/aromatic N) is 4. The lowest BCUT2D eigenvalue weighted by Gasteiger charge is -2.09. The van der Waals surface area contributed by atoms with Gasteiger partial charge < -0.3 is 5.32 Å². The fraction of sp³-hybridized carbons (Fsp3) is 0.235. The number of aryl methyl sites for hydroxylation is 2. The Morgan fingerprint density at radius 3 is 2.65 bits per heavy atom. The molecule has 0 unspecified atom stereocenters. The lowest BCUT2D eigenvalue weighted by Crippen LogP contribution is -2.06. The topological polar surface area (TPSA) is 55.6 Å². The lowest BCUT2D eigenvalue weighted by atomic mass is 10.1. The molecule has 6 heteroatoms. The van der Waals surface area contributed by atoms with Crippen molar-refractivity contribution in [2.24, 2.45) is 7.05 Å². The van der Waals surface area contributed by atoms with Gasteiger partial charge in [0.2, 0.25) is 5.95 Å². The molecule has 0 aliphatic rings. The van der Waals surface area contributed by atoms with Gasteiger partial charge in [-0.1, -0.05) is 12.1 Å². The third-order valence-corrected chi connectivity index (χ3v) is 3.87.